The summed E-state index contributed by atoms with van der Waals surface area (Å²) in [5, 5.41) is 0. The summed E-state index contributed by atoms with van der Waals surface area (Å²) in [5.41, 5.74) is 0. The van der Waals surface area contributed by atoms with Crippen molar-refractivity contribution in [2.24, 2.45) is 0 Å². The number of carbonyl (C=O) groups is 1. The summed E-state index contributed by atoms with van der Waals surface area (Å²) in [5.74, 6) is -14.0. The lowest BCUT2D eigenvalue weighted by molar-refractivity contribution is -0.136. The summed E-state index contributed by atoms with van der Waals surface area (Å²) in [4.78, 5) is 11.5. The van der Waals surface area contributed by atoms with E-state index in [1.54, 1.807) is 0 Å². The standard InChI is InChI=1S/C17H20F5IO6/c18-12-13(19)15(21)17(16(22)14(12)20)29-11(24)1-3-25-5-7-27-9-10-28-8-6-26-4-2-23/h1-10H2. The summed E-state index contributed by atoms with van der Waals surface area (Å²) in [6, 6.07) is 0. The van der Waals surface area contributed by atoms with Crippen LogP contribution in [0.15, 0.2) is 0 Å². The number of ether oxygens (including phenoxy) is 5. The van der Waals surface area contributed by atoms with E-state index in [0.717, 1.165) is 4.43 Å². The molecule has 1 aromatic rings. The molecule has 0 aliphatic rings. The minimum absolute atomic E-state index is 0.120. The fourth-order valence-electron chi connectivity index (χ4n) is 1.81. The maximum Gasteiger partial charge on any atom is 0.313 e. The number of rotatable bonds is 15. The molecule has 0 amide bonds. The molecule has 0 aliphatic carbocycles. The van der Waals surface area contributed by atoms with E-state index in [1.165, 1.54) is 0 Å². The Labute approximate surface area is 177 Å². The molecule has 12 heteroatoms. The third kappa shape index (κ3) is 9.51. The predicted molar refractivity (Wildman–Crippen MR) is 98.6 cm³/mol. The Hall–Kier alpha value is -1.09. The third-order valence-electron chi connectivity index (χ3n) is 3.17. The molecule has 0 atom stereocenters. The highest BCUT2D eigenvalue weighted by Gasteiger charge is 2.28. The van der Waals surface area contributed by atoms with Gasteiger partial charge in [-0.15, -0.1) is 0 Å². The van der Waals surface area contributed by atoms with E-state index >= 15 is 0 Å². The van der Waals surface area contributed by atoms with Crippen molar-refractivity contribution in [3.63, 3.8) is 0 Å². The van der Waals surface area contributed by atoms with Crippen molar-refractivity contribution in [1.29, 1.82) is 0 Å². The van der Waals surface area contributed by atoms with E-state index in [2.05, 4.69) is 27.3 Å². The van der Waals surface area contributed by atoms with Crippen molar-refractivity contribution in [2.45, 2.75) is 6.42 Å². The lowest BCUT2D eigenvalue weighted by atomic mass is 10.2. The van der Waals surface area contributed by atoms with Gasteiger partial charge in [0.05, 0.1) is 59.3 Å². The molecule has 0 aromatic heterocycles. The Balaban J connectivity index is 2.13. The van der Waals surface area contributed by atoms with Crippen LogP contribution >= 0.6 is 22.6 Å². The Kier molecular flexibility index (Phi) is 13.3. The summed E-state index contributed by atoms with van der Waals surface area (Å²) < 4.78 is 91.6. The molecule has 166 valence electrons. The summed E-state index contributed by atoms with van der Waals surface area (Å²) in [7, 11) is 0. The molecule has 6 nitrogen and oxygen atoms in total. The second-order valence-electron chi connectivity index (χ2n) is 5.26. The van der Waals surface area contributed by atoms with E-state index in [4.69, 9.17) is 18.9 Å². The van der Waals surface area contributed by atoms with Gasteiger partial charge in [-0.05, 0) is 0 Å². The number of alkyl halides is 1. The van der Waals surface area contributed by atoms with Crippen molar-refractivity contribution in [2.75, 3.05) is 57.3 Å². The highest BCUT2D eigenvalue weighted by Crippen LogP contribution is 2.29. The van der Waals surface area contributed by atoms with Gasteiger partial charge in [0.15, 0.2) is 0 Å². The van der Waals surface area contributed by atoms with Crippen LogP contribution in [0, 0.1) is 29.1 Å². The molecular weight excluding hydrogens is 522 g/mol. The van der Waals surface area contributed by atoms with Gasteiger partial charge in [0.25, 0.3) is 0 Å². The third-order valence-corrected chi connectivity index (χ3v) is 3.61. The molecule has 0 fully saturated rings. The molecule has 0 heterocycles. The Morgan fingerprint density at radius 1 is 0.621 bits per heavy atom. The zero-order valence-corrected chi connectivity index (χ0v) is 17.4. The first-order chi connectivity index (χ1) is 13.9. The van der Waals surface area contributed by atoms with Gasteiger partial charge < -0.3 is 23.7 Å². The molecule has 0 saturated carbocycles. The van der Waals surface area contributed by atoms with Crippen molar-refractivity contribution in [1.82, 2.24) is 0 Å². The molecule has 0 spiro atoms. The molecule has 0 aliphatic heterocycles. The van der Waals surface area contributed by atoms with E-state index in [9.17, 15) is 26.7 Å². The molecule has 0 unspecified atom stereocenters. The number of hydrogen-bond donors (Lipinski definition) is 0. The average molecular weight is 542 g/mol. The second kappa shape index (κ2) is 14.8. The molecule has 29 heavy (non-hydrogen) atoms. The first-order valence-electron chi connectivity index (χ1n) is 8.49. The molecular formula is C17H20F5IO6. The lowest BCUT2D eigenvalue weighted by Crippen LogP contribution is -2.16. The average Bonchev–Trinajstić information content (AvgIpc) is 2.71. The normalized spacial score (nSPS) is 11.1. The lowest BCUT2D eigenvalue weighted by Gasteiger charge is -2.09. The molecule has 0 bridgehead atoms. The van der Waals surface area contributed by atoms with Gasteiger partial charge in [0, 0.05) is 4.43 Å². The molecule has 0 N–H and O–H groups in total. The smallest absolute Gasteiger partial charge is 0.313 e. The van der Waals surface area contributed by atoms with Crippen LogP contribution in [0.1, 0.15) is 6.42 Å². The van der Waals surface area contributed by atoms with Crippen LogP contribution in [0.3, 0.4) is 0 Å². The summed E-state index contributed by atoms with van der Waals surface area (Å²) >= 11 is 2.20. The molecule has 0 saturated heterocycles. The van der Waals surface area contributed by atoms with Crippen LogP contribution in [0.25, 0.3) is 0 Å². The number of hydrogen-bond acceptors (Lipinski definition) is 6. The van der Waals surface area contributed by atoms with Crippen LogP contribution in [0.4, 0.5) is 22.0 Å². The maximum atomic E-state index is 13.4. The van der Waals surface area contributed by atoms with Gasteiger partial charge in [-0.25, -0.2) is 13.2 Å². The van der Waals surface area contributed by atoms with Crippen LogP contribution in [-0.2, 0) is 23.7 Å². The first kappa shape index (κ1) is 25.9. The van der Waals surface area contributed by atoms with E-state index < -0.39 is 47.2 Å². The van der Waals surface area contributed by atoms with Crippen molar-refractivity contribution < 1.29 is 50.4 Å². The van der Waals surface area contributed by atoms with Crippen molar-refractivity contribution >= 4 is 28.6 Å². The van der Waals surface area contributed by atoms with Crippen molar-refractivity contribution in [3.05, 3.63) is 29.1 Å². The topological polar surface area (TPSA) is 63.2 Å². The SMILES string of the molecule is O=C(CCOCCOCCOCCOCCI)Oc1c(F)c(F)c(F)c(F)c1F. The molecule has 1 aromatic carbocycles. The highest BCUT2D eigenvalue weighted by molar-refractivity contribution is 14.1. The van der Waals surface area contributed by atoms with Gasteiger partial charge in [-0.3, -0.25) is 4.79 Å². The highest BCUT2D eigenvalue weighted by atomic mass is 127. The number of benzene rings is 1. The van der Waals surface area contributed by atoms with Crippen LogP contribution in [-0.4, -0.2) is 63.3 Å². The maximum absolute atomic E-state index is 13.4. The number of halogens is 6. The van der Waals surface area contributed by atoms with Crippen LogP contribution in [0.5, 0.6) is 5.75 Å². The zero-order chi connectivity index (χ0) is 21.6. The van der Waals surface area contributed by atoms with E-state index in [1.807, 2.05) is 0 Å². The Morgan fingerprint density at radius 3 is 1.45 bits per heavy atom. The van der Waals surface area contributed by atoms with Gasteiger partial charge in [0.2, 0.25) is 34.8 Å². The van der Waals surface area contributed by atoms with E-state index in [0.29, 0.717) is 33.0 Å². The fraction of sp³-hybridized carbons (Fsp3) is 0.588. The van der Waals surface area contributed by atoms with Crippen molar-refractivity contribution in [3.8, 4) is 5.75 Å². The predicted octanol–water partition coefficient (Wildman–Crippen LogP) is 3.18. The van der Waals surface area contributed by atoms with Gasteiger partial charge >= 0.3 is 5.97 Å². The van der Waals surface area contributed by atoms with Crippen LogP contribution in [0.2, 0.25) is 0 Å². The number of carbonyl (C=O) groups excluding carboxylic acids is 1. The fourth-order valence-corrected chi connectivity index (χ4v) is 2.12. The van der Waals surface area contributed by atoms with Gasteiger partial charge in [-0.2, -0.15) is 8.78 Å². The Bertz CT molecular complexity index is 620. The minimum atomic E-state index is -2.34. The van der Waals surface area contributed by atoms with Gasteiger partial charge in [0.1, 0.15) is 0 Å². The molecule has 0 radical (unpaired) electrons. The quantitative estimate of drug-likeness (QED) is 0.0497. The van der Waals surface area contributed by atoms with E-state index in [-0.39, 0.29) is 19.8 Å². The molecule has 1 rings (SSSR count). The van der Waals surface area contributed by atoms with Crippen LogP contribution < -0.4 is 4.74 Å². The Morgan fingerprint density at radius 2 is 1.00 bits per heavy atom. The monoisotopic (exact) mass is 542 g/mol. The van der Waals surface area contributed by atoms with Gasteiger partial charge in [-0.1, -0.05) is 22.6 Å². The second-order valence-corrected chi connectivity index (χ2v) is 6.34. The summed E-state index contributed by atoms with van der Waals surface area (Å²) in [6.07, 6.45) is -0.459. The largest absolute Gasteiger partial charge is 0.420 e. The number of esters is 1. The summed E-state index contributed by atoms with van der Waals surface area (Å²) in [6.45, 7) is 2.49. The zero-order valence-electron chi connectivity index (χ0n) is 15.3. The first-order valence-corrected chi connectivity index (χ1v) is 10.0. The minimum Gasteiger partial charge on any atom is -0.420 e.